The molecule has 0 fully saturated rings. The Morgan fingerprint density at radius 1 is 1.11 bits per heavy atom. The molecule has 7 nitrogen and oxygen atoms in total. The Balaban J connectivity index is 1.57. The maximum Gasteiger partial charge on any atom is 0.411 e. The molecule has 35 heavy (non-hydrogen) atoms. The quantitative estimate of drug-likeness (QED) is 0.262. The summed E-state index contributed by atoms with van der Waals surface area (Å²) in [6.07, 6.45) is -2.65. The molecule has 1 aromatic carbocycles. The van der Waals surface area contributed by atoms with Gasteiger partial charge >= 0.3 is 12.1 Å². The van der Waals surface area contributed by atoms with E-state index in [0.29, 0.717) is 34.7 Å². The van der Waals surface area contributed by atoms with Crippen molar-refractivity contribution in [2.75, 3.05) is 32.2 Å². The highest BCUT2D eigenvalue weighted by atomic mass is 32.2. The molecule has 1 N–H and O–H groups in total. The molecule has 0 aliphatic carbocycles. The van der Waals surface area contributed by atoms with Crippen LogP contribution in [0, 0.1) is 13.8 Å². The van der Waals surface area contributed by atoms with Crippen molar-refractivity contribution in [3.8, 4) is 5.75 Å². The van der Waals surface area contributed by atoms with Crippen LogP contribution in [-0.2, 0) is 16.1 Å². The Morgan fingerprint density at radius 3 is 2.63 bits per heavy atom. The highest BCUT2D eigenvalue weighted by Crippen LogP contribution is 2.29. The predicted molar refractivity (Wildman–Crippen MR) is 125 cm³/mol. The molecule has 0 saturated carbocycles. The molecule has 0 bridgehead atoms. The summed E-state index contributed by atoms with van der Waals surface area (Å²) in [5.41, 5.74) is 2.78. The second-order valence-corrected chi connectivity index (χ2v) is 8.70. The number of pyridine rings is 2. The summed E-state index contributed by atoms with van der Waals surface area (Å²) >= 11 is 1.54. The molecular weight excluding hydrogens is 485 g/mol. The summed E-state index contributed by atoms with van der Waals surface area (Å²) in [4.78, 5) is 21.3. The fourth-order valence-corrected chi connectivity index (χ4v) is 4.17. The van der Waals surface area contributed by atoms with Crippen molar-refractivity contribution >= 4 is 28.6 Å². The largest absolute Gasteiger partial charge is 0.487 e. The lowest BCUT2D eigenvalue weighted by Gasteiger charge is -2.14. The number of nitrogens with zero attached hydrogens (tertiary/aromatic N) is 2. The number of fused-ring (bicyclic) bond motifs is 1. The first-order valence-corrected chi connectivity index (χ1v) is 11.7. The first-order valence-electron chi connectivity index (χ1n) is 10.7. The fraction of sp³-hybridized carbons (Fsp3) is 0.375. The normalized spacial score (nSPS) is 11.7. The number of hydrogen-bond acceptors (Lipinski definition) is 7. The van der Waals surface area contributed by atoms with Gasteiger partial charge in [0.05, 0.1) is 36.6 Å². The minimum absolute atomic E-state index is 0.0912. The van der Waals surface area contributed by atoms with E-state index in [1.165, 1.54) is 6.07 Å². The number of aryl methyl sites for hydroxylation is 1. The lowest BCUT2D eigenvalue weighted by molar-refractivity contribution is -0.176. The number of thioether (sulfide) groups is 1. The Kier molecular flexibility index (Phi) is 9.30. The molecule has 2 aromatic heterocycles. The zero-order chi connectivity index (χ0) is 25.4. The minimum Gasteiger partial charge on any atom is -0.487 e. The van der Waals surface area contributed by atoms with E-state index in [1.54, 1.807) is 43.1 Å². The highest BCUT2D eigenvalue weighted by molar-refractivity contribution is 7.99. The van der Waals surface area contributed by atoms with E-state index in [4.69, 9.17) is 9.47 Å². The zero-order valence-electron chi connectivity index (χ0n) is 19.2. The lowest BCUT2D eigenvalue weighted by atomic mass is 10.1. The summed E-state index contributed by atoms with van der Waals surface area (Å²) in [7, 11) is 0. The topological polar surface area (TPSA) is 90.8 Å². The molecule has 3 rings (SSSR count). The van der Waals surface area contributed by atoms with Gasteiger partial charge in [0.15, 0.2) is 0 Å². The van der Waals surface area contributed by atoms with E-state index in [9.17, 15) is 23.1 Å². The van der Waals surface area contributed by atoms with Crippen LogP contribution in [0.1, 0.15) is 27.3 Å². The van der Waals surface area contributed by atoms with E-state index >= 15 is 0 Å². The van der Waals surface area contributed by atoms with Crippen LogP contribution >= 0.6 is 11.8 Å². The summed E-state index contributed by atoms with van der Waals surface area (Å²) in [5.74, 6) is 0.0760. The van der Waals surface area contributed by atoms with Crippen LogP contribution in [0.3, 0.4) is 0 Å². The van der Waals surface area contributed by atoms with Gasteiger partial charge in [-0.25, -0.2) is 4.79 Å². The summed E-state index contributed by atoms with van der Waals surface area (Å²) in [6, 6.07) is 8.57. The maximum atomic E-state index is 12.0. The fourth-order valence-electron chi connectivity index (χ4n) is 3.26. The number of hydrogen-bond donors (Lipinski definition) is 1. The average Bonchev–Trinajstić information content (AvgIpc) is 2.79. The van der Waals surface area contributed by atoms with Gasteiger partial charge in [-0.3, -0.25) is 9.97 Å². The second-order valence-electron chi connectivity index (χ2n) is 7.57. The van der Waals surface area contributed by atoms with Crippen LogP contribution in [0.15, 0.2) is 41.4 Å². The lowest BCUT2D eigenvalue weighted by Crippen LogP contribution is -2.19. The van der Waals surface area contributed by atoms with Gasteiger partial charge in [0.1, 0.15) is 19.0 Å². The molecule has 0 radical (unpaired) electrons. The van der Waals surface area contributed by atoms with E-state index in [0.717, 1.165) is 16.2 Å². The van der Waals surface area contributed by atoms with Crippen molar-refractivity contribution < 1.29 is 37.3 Å². The zero-order valence-corrected chi connectivity index (χ0v) is 20.0. The van der Waals surface area contributed by atoms with Gasteiger partial charge in [-0.1, -0.05) is 6.07 Å². The smallest absolute Gasteiger partial charge is 0.411 e. The first-order chi connectivity index (χ1) is 16.7. The third kappa shape index (κ3) is 7.81. The average molecular weight is 511 g/mol. The molecule has 0 aliphatic rings. The number of benzene rings is 1. The Hall–Kier alpha value is -2.89. The van der Waals surface area contributed by atoms with Crippen LogP contribution in [0.5, 0.6) is 5.75 Å². The third-order valence-corrected chi connectivity index (χ3v) is 6.03. The van der Waals surface area contributed by atoms with Gasteiger partial charge < -0.3 is 19.3 Å². The molecule has 2 heterocycles. The number of aromatic nitrogens is 2. The number of carboxylic acid groups (broad SMARTS) is 1. The van der Waals surface area contributed by atoms with Crippen molar-refractivity contribution in [1.29, 1.82) is 0 Å². The van der Waals surface area contributed by atoms with Gasteiger partial charge in [0, 0.05) is 34.0 Å². The van der Waals surface area contributed by atoms with Gasteiger partial charge in [0.25, 0.3) is 0 Å². The highest BCUT2D eigenvalue weighted by Gasteiger charge is 2.27. The Labute approximate surface area is 204 Å². The van der Waals surface area contributed by atoms with Crippen LogP contribution in [0.4, 0.5) is 13.2 Å². The number of carbonyl (C=O) groups is 1. The van der Waals surface area contributed by atoms with Gasteiger partial charge in [0.2, 0.25) is 0 Å². The van der Waals surface area contributed by atoms with Crippen LogP contribution in [0.25, 0.3) is 10.9 Å². The maximum absolute atomic E-state index is 12.0. The van der Waals surface area contributed by atoms with Crippen LogP contribution in [-0.4, -0.2) is 59.4 Å². The van der Waals surface area contributed by atoms with Gasteiger partial charge in [-0.15, -0.1) is 11.8 Å². The summed E-state index contributed by atoms with van der Waals surface area (Å²) < 4.78 is 51.9. The third-order valence-electron chi connectivity index (χ3n) is 4.91. The Morgan fingerprint density at radius 2 is 1.89 bits per heavy atom. The van der Waals surface area contributed by atoms with Crippen molar-refractivity contribution in [2.24, 2.45) is 0 Å². The number of para-hydroxylation sites is 1. The monoisotopic (exact) mass is 510 g/mol. The number of ether oxygens (including phenoxy) is 3. The molecule has 0 aliphatic heterocycles. The number of halogens is 3. The standard InChI is InChI=1S/C24H25F3N2O5S/c1-15-12-20(17-4-3-5-18(23(30)31)22(17)29-15)34-13-19-16(2)21(6-7-28-19)35-11-10-32-8-9-33-14-24(25,26)27/h3-7,12H,8-11,13-14H2,1-2H3,(H,30,31). The predicted octanol–water partition coefficient (Wildman–Crippen LogP) is 5.21. The molecule has 0 unspecified atom stereocenters. The number of alkyl halides is 3. The van der Waals surface area contributed by atoms with Gasteiger partial charge in [-0.2, -0.15) is 13.2 Å². The van der Waals surface area contributed by atoms with E-state index in [-0.39, 0.29) is 25.4 Å². The van der Waals surface area contributed by atoms with Gasteiger partial charge in [-0.05, 0) is 37.6 Å². The van der Waals surface area contributed by atoms with E-state index < -0.39 is 18.8 Å². The summed E-state index contributed by atoms with van der Waals surface area (Å²) in [6.45, 7) is 2.95. The SMILES string of the molecule is Cc1cc(OCc2nccc(SCCOCCOCC(F)(F)F)c2C)c2cccc(C(=O)O)c2n1. The second kappa shape index (κ2) is 12.2. The number of carboxylic acids is 1. The Bertz CT molecular complexity index is 1170. The molecule has 0 amide bonds. The molecule has 3 aromatic rings. The molecule has 0 saturated heterocycles. The first kappa shape index (κ1) is 26.7. The molecule has 0 spiro atoms. The van der Waals surface area contributed by atoms with E-state index in [2.05, 4.69) is 14.7 Å². The van der Waals surface area contributed by atoms with Crippen molar-refractivity contribution in [3.05, 3.63) is 59.0 Å². The van der Waals surface area contributed by atoms with Crippen LogP contribution < -0.4 is 4.74 Å². The van der Waals surface area contributed by atoms with Crippen molar-refractivity contribution in [3.63, 3.8) is 0 Å². The molecular formula is C24H25F3N2O5S. The molecule has 188 valence electrons. The number of aromatic carboxylic acids is 1. The van der Waals surface area contributed by atoms with Crippen molar-refractivity contribution in [1.82, 2.24) is 9.97 Å². The van der Waals surface area contributed by atoms with E-state index in [1.807, 2.05) is 13.0 Å². The molecule has 0 atom stereocenters. The minimum atomic E-state index is -4.33. The molecule has 11 heteroatoms. The van der Waals surface area contributed by atoms with Crippen LogP contribution in [0.2, 0.25) is 0 Å². The van der Waals surface area contributed by atoms with Crippen molar-refractivity contribution in [2.45, 2.75) is 31.5 Å². The summed E-state index contributed by atoms with van der Waals surface area (Å²) in [5, 5.41) is 10.1. The number of rotatable bonds is 12.